The average Bonchev–Trinajstić information content (AvgIpc) is 2.87. The fourth-order valence-corrected chi connectivity index (χ4v) is 7.34. The van der Waals surface area contributed by atoms with Gasteiger partial charge in [-0.2, -0.15) is 8.42 Å². The topological polar surface area (TPSA) is 112 Å². The first-order valence-corrected chi connectivity index (χ1v) is 15.3. The molecule has 0 N–H and O–H groups in total. The minimum absolute atomic E-state index is 0.00631. The lowest BCUT2D eigenvalue weighted by Gasteiger charge is -2.17. The second kappa shape index (κ2) is 10.3. The summed E-state index contributed by atoms with van der Waals surface area (Å²) in [5.41, 5.74) is 0. The largest absolute Gasteiger partial charge is 0.379 e. The minimum atomic E-state index is -4.31. The van der Waals surface area contributed by atoms with Crippen LogP contribution >= 0.6 is 0 Å². The number of allylic oxidation sites excluding steroid dienone is 1. The molecule has 3 aromatic carbocycles. The van der Waals surface area contributed by atoms with Gasteiger partial charge in [0.25, 0.3) is 0 Å². The zero-order valence-corrected chi connectivity index (χ0v) is 21.2. The first-order valence-electron chi connectivity index (χ1n) is 10.8. The summed E-state index contributed by atoms with van der Waals surface area (Å²) >= 11 is 0. The molecule has 0 saturated carbocycles. The Bertz CT molecular complexity index is 1620. The molecule has 0 aliphatic heterocycles. The number of benzene rings is 3. The van der Waals surface area contributed by atoms with E-state index in [0.29, 0.717) is 0 Å². The summed E-state index contributed by atoms with van der Waals surface area (Å²) in [6.45, 7) is 0. The van der Waals surface area contributed by atoms with Gasteiger partial charge in [-0.1, -0.05) is 72.8 Å². The van der Waals surface area contributed by atoms with Gasteiger partial charge in [-0.25, -0.2) is 16.8 Å². The summed E-state index contributed by atoms with van der Waals surface area (Å²) in [5.74, 6) is -0.319. The van der Waals surface area contributed by atoms with Gasteiger partial charge >= 0.3 is 10.1 Å². The van der Waals surface area contributed by atoms with Crippen molar-refractivity contribution in [3.63, 3.8) is 0 Å². The van der Waals surface area contributed by atoms with Gasteiger partial charge in [-0.05, 0) is 48.6 Å². The molecule has 3 aromatic rings. The molecule has 10 heteroatoms. The Kier molecular flexibility index (Phi) is 7.30. The molecule has 186 valence electrons. The predicted molar refractivity (Wildman–Crippen MR) is 136 cm³/mol. The molecule has 0 heterocycles. The van der Waals surface area contributed by atoms with Crippen LogP contribution in [0.1, 0.15) is 0 Å². The highest BCUT2D eigenvalue weighted by atomic mass is 32.2. The molecule has 0 aromatic heterocycles. The van der Waals surface area contributed by atoms with Gasteiger partial charge < -0.3 is 4.18 Å². The smallest absolute Gasteiger partial charge is 0.339 e. The van der Waals surface area contributed by atoms with Crippen LogP contribution < -0.4 is 0 Å². The van der Waals surface area contributed by atoms with E-state index in [1.54, 1.807) is 42.5 Å². The Morgan fingerprint density at radius 1 is 0.500 bits per heavy atom. The van der Waals surface area contributed by atoms with Crippen molar-refractivity contribution in [2.24, 2.45) is 0 Å². The van der Waals surface area contributed by atoms with Crippen molar-refractivity contribution in [3.05, 3.63) is 127 Å². The van der Waals surface area contributed by atoms with Crippen LogP contribution in [-0.4, -0.2) is 35.8 Å². The van der Waals surface area contributed by atoms with Crippen LogP contribution in [0.4, 0.5) is 0 Å². The highest BCUT2D eigenvalue weighted by Gasteiger charge is 2.30. The van der Waals surface area contributed by atoms with Gasteiger partial charge in [0.15, 0.2) is 19.7 Å². The predicted octanol–water partition coefficient (Wildman–Crippen LogP) is 4.09. The van der Waals surface area contributed by atoms with Crippen molar-refractivity contribution in [3.8, 4) is 0 Å². The van der Waals surface area contributed by atoms with Crippen molar-refractivity contribution < 1.29 is 29.4 Å². The minimum Gasteiger partial charge on any atom is -0.379 e. The van der Waals surface area contributed by atoms with Crippen molar-refractivity contribution in [2.45, 2.75) is 25.2 Å². The standard InChI is InChI=1S/C26H22O7S3/c27-34(28,22-10-4-1-5-11-22)24-17-16-21(33-36(31,32)25-14-8-3-9-15-25)20-26(19-18-24)35(29,30)23-12-6-2-7-13-23/h1-20,24,26H/b17-16-,19-18-,21-20+/t24-,26-/m1/s1. The number of rotatable bonds is 7. The van der Waals surface area contributed by atoms with Crippen LogP contribution in [0.2, 0.25) is 0 Å². The van der Waals surface area contributed by atoms with Crippen LogP contribution in [0.3, 0.4) is 0 Å². The van der Waals surface area contributed by atoms with Gasteiger partial charge in [0.2, 0.25) is 0 Å². The molecule has 2 atom stereocenters. The van der Waals surface area contributed by atoms with E-state index in [9.17, 15) is 25.3 Å². The van der Waals surface area contributed by atoms with E-state index in [2.05, 4.69) is 0 Å². The maximum Gasteiger partial charge on any atom is 0.339 e. The second-order valence-corrected chi connectivity index (χ2v) is 13.6. The molecule has 1 aliphatic rings. The van der Waals surface area contributed by atoms with E-state index in [0.717, 1.165) is 6.08 Å². The monoisotopic (exact) mass is 542 g/mol. The lowest BCUT2D eigenvalue weighted by atomic mass is 10.2. The molecule has 36 heavy (non-hydrogen) atoms. The highest BCUT2D eigenvalue weighted by molar-refractivity contribution is 7.92. The number of sulfone groups is 2. The molecular formula is C26H22O7S3. The molecule has 1 aliphatic carbocycles. The summed E-state index contributed by atoms with van der Waals surface area (Å²) in [7, 11) is -12.3. The van der Waals surface area contributed by atoms with Gasteiger partial charge in [0.05, 0.1) is 9.79 Å². The zero-order valence-electron chi connectivity index (χ0n) is 18.8. The molecule has 0 amide bonds. The Balaban J connectivity index is 1.81. The summed E-state index contributed by atoms with van der Waals surface area (Å²) in [6.07, 6.45) is 6.08. The van der Waals surface area contributed by atoms with E-state index in [1.807, 2.05) is 0 Å². The third-order valence-corrected chi connectivity index (χ3v) is 10.5. The van der Waals surface area contributed by atoms with Crippen molar-refractivity contribution >= 4 is 29.8 Å². The number of hydrogen-bond acceptors (Lipinski definition) is 7. The molecule has 0 unspecified atom stereocenters. The summed E-state index contributed by atoms with van der Waals surface area (Å²) in [6, 6.07) is 22.6. The SMILES string of the molecule is O=S(=O)(OC1=C/[C@H](S(=O)(=O)c2ccccc2)/C=C\[C@H](S(=O)(=O)c2ccccc2)/C=C\1)c1ccccc1. The molecular weight excluding hydrogens is 520 g/mol. The van der Waals surface area contributed by atoms with E-state index in [4.69, 9.17) is 4.18 Å². The lowest BCUT2D eigenvalue weighted by Crippen LogP contribution is -2.23. The molecule has 4 rings (SSSR count). The van der Waals surface area contributed by atoms with Crippen molar-refractivity contribution in [2.75, 3.05) is 0 Å². The average molecular weight is 543 g/mol. The van der Waals surface area contributed by atoms with E-state index in [1.165, 1.54) is 72.8 Å². The molecule has 0 radical (unpaired) electrons. The van der Waals surface area contributed by atoms with Gasteiger partial charge in [-0.15, -0.1) is 0 Å². The zero-order chi connectivity index (χ0) is 25.8. The first kappa shape index (κ1) is 25.6. The van der Waals surface area contributed by atoms with Crippen LogP contribution in [0, 0.1) is 0 Å². The van der Waals surface area contributed by atoms with Crippen LogP contribution in [0.15, 0.2) is 142 Å². The molecule has 7 nitrogen and oxygen atoms in total. The van der Waals surface area contributed by atoms with Crippen molar-refractivity contribution in [1.82, 2.24) is 0 Å². The second-order valence-electron chi connectivity index (χ2n) is 7.81. The summed E-state index contributed by atoms with van der Waals surface area (Å²) in [4.78, 5) is -0.100. The van der Waals surface area contributed by atoms with Gasteiger partial charge in [-0.3, -0.25) is 0 Å². The Labute approximate surface area is 211 Å². The van der Waals surface area contributed by atoms with Crippen LogP contribution in [-0.2, 0) is 34.0 Å². The first-order chi connectivity index (χ1) is 17.1. The fraction of sp³-hybridized carbons (Fsp3) is 0.0769. The Morgan fingerprint density at radius 3 is 1.42 bits per heavy atom. The van der Waals surface area contributed by atoms with E-state index < -0.39 is 40.3 Å². The number of hydrogen-bond donors (Lipinski definition) is 0. The molecule has 0 saturated heterocycles. The summed E-state index contributed by atoms with van der Waals surface area (Å²) in [5, 5.41) is -2.65. The fourth-order valence-electron chi connectivity index (χ4n) is 3.50. The quantitative estimate of drug-likeness (QED) is 0.327. The van der Waals surface area contributed by atoms with Gasteiger partial charge in [0.1, 0.15) is 21.2 Å². The Morgan fingerprint density at radius 2 is 0.917 bits per heavy atom. The molecule has 0 fully saturated rings. The normalized spacial score (nSPS) is 21.8. The lowest BCUT2D eigenvalue weighted by molar-refractivity contribution is 0.418. The Hall–Kier alpha value is -3.47. The maximum atomic E-state index is 13.4. The molecule has 0 bridgehead atoms. The van der Waals surface area contributed by atoms with E-state index in [-0.39, 0.29) is 20.4 Å². The maximum absolute atomic E-state index is 13.4. The highest BCUT2D eigenvalue weighted by Crippen LogP contribution is 2.26. The van der Waals surface area contributed by atoms with Crippen LogP contribution in [0.25, 0.3) is 0 Å². The van der Waals surface area contributed by atoms with Gasteiger partial charge in [0, 0.05) is 0 Å². The summed E-state index contributed by atoms with van der Waals surface area (Å²) < 4.78 is 84.3. The van der Waals surface area contributed by atoms with Crippen LogP contribution in [0.5, 0.6) is 0 Å². The third-order valence-electron chi connectivity index (χ3n) is 5.37. The third kappa shape index (κ3) is 5.51. The van der Waals surface area contributed by atoms with Crippen molar-refractivity contribution in [1.29, 1.82) is 0 Å². The molecule has 0 spiro atoms. The van der Waals surface area contributed by atoms with E-state index >= 15 is 0 Å².